The number of amides is 1. The van der Waals surface area contributed by atoms with Crippen molar-refractivity contribution in [2.75, 3.05) is 46.4 Å². The summed E-state index contributed by atoms with van der Waals surface area (Å²) < 4.78 is 5.34. The summed E-state index contributed by atoms with van der Waals surface area (Å²) >= 11 is 0. The van der Waals surface area contributed by atoms with E-state index >= 15 is 0 Å². The Morgan fingerprint density at radius 2 is 2.21 bits per heavy atom. The Bertz CT molecular complexity index is 303. The van der Waals surface area contributed by atoms with Crippen molar-refractivity contribution < 1.29 is 9.53 Å². The van der Waals surface area contributed by atoms with E-state index in [1.54, 1.807) is 0 Å². The van der Waals surface area contributed by atoms with Gasteiger partial charge in [0.25, 0.3) is 0 Å². The van der Waals surface area contributed by atoms with E-state index in [-0.39, 0.29) is 5.91 Å². The molecule has 1 atom stereocenters. The largest absolute Gasteiger partial charge is 0.381 e. The summed E-state index contributed by atoms with van der Waals surface area (Å²) in [5.74, 6) is 0.712. The monoisotopic (exact) mass is 269 g/mol. The summed E-state index contributed by atoms with van der Waals surface area (Å²) in [5, 5.41) is 3.13. The van der Waals surface area contributed by atoms with Crippen molar-refractivity contribution in [1.82, 2.24) is 10.2 Å². The third kappa shape index (κ3) is 3.68. The van der Waals surface area contributed by atoms with Gasteiger partial charge in [-0.2, -0.15) is 0 Å². The third-order valence-electron chi connectivity index (χ3n) is 4.60. The second-order valence-corrected chi connectivity index (χ2v) is 6.08. The summed E-state index contributed by atoms with van der Waals surface area (Å²) in [7, 11) is 2.15. The zero-order valence-corrected chi connectivity index (χ0v) is 12.0. The lowest BCUT2D eigenvalue weighted by Crippen LogP contribution is -2.50. The lowest BCUT2D eigenvalue weighted by Gasteiger charge is -2.36. The first kappa shape index (κ1) is 14.8. The van der Waals surface area contributed by atoms with Crippen molar-refractivity contribution in [2.45, 2.75) is 25.7 Å². The van der Waals surface area contributed by atoms with Crippen molar-refractivity contribution in [3.8, 4) is 0 Å². The fraction of sp³-hybridized carbons (Fsp3) is 0.929. The van der Waals surface area contributed by atoms with Crippen LogP contribution >= 0.6 is 0 Å². The second-order valence-electron chi connectivity index (χ2n) is 6.08. The van der Waals surface area contributed by atoms with Crippen LogP contribution in [0.25, 0.3) is 0 Å². The summed E-state index contributed by atoms with van der Waals surface area (Å²) in [6.07, 6.45) is 3.94. The van der Waals surface area contributed by atoms with Gasteiger partial charge in [-0.05, 0) is 45.2 Å². The van der Waals surface area contributed by atoms with Crippen molar-refractivity contribution in [1.29, 1.82) is 0 Å². The number of hydrogen-bond acceptors (Lipinski definition) is 4. The van der Waals surface area contributed by atoms with Crippen molar-refractivity contribution in [2.24, 2.45) is 17.1 Å². The van der Waals surface area contributed by atoms with E-state index in [0.717, 1.165) is 25.9 Å². The molecule has 0 saturated carbocycles. The summed E-state index contributed by atoms with van der Waals surface area (Å²) in [6.45, 7) is 4.76. The van der Waals surface area contributed by atoms with E-state index < -0.39 is 5.41 Å². The Morgan fingerprint density at radius 3 is 2.84 bits per heavy atom. The van der Waals surface area contributed by atoms with Crippen molar-refractivity contribution >= 4 is 5.91 Å². The van der Waals surface area contributed by atoms with Gasteiger partial charge in [0.15, 0.2) is 0 Å². The number of nitrogens with two attached hydrogens (primary N) is 1. The number of carbonyl (C=O) groups is 1. The fourth-order valence-corrected chi connectivity index (χ4v) is 3.15. The Hall–Kier alpha value is -0.650. The van der Waals surface area contributed by atoms with Crippen LogP contribution in [-0.2, 0) is 9.53 Å². The highest BCUT2D eigenvalue weighted by molar-refractivity contribution is 5.83. The highest BCUT2D eigenvalue weighted by atomic mass is 16.5. The molecule has 2 heterocycles. The number of ether oxygens (including phenoxy) is 1. The predicted octanol–water partition coefficient (Wildman–Crippen LogP) is 0.200. The SMILES string of the molecule is CN1CCCC(CNC(=O)C2(CN)CCOCC2)C1. The summed E-state index contributed by atoms with van der Waals surface area (Å²) in [5.41, 5.74) is 5.46. The zero-order chi connectivity index (χ0) is 13.7. The van der Waals surface area contributed by atoms with Gasteiger partial charge in [0.05, 0.1) is 5.41 Å². The molecule has 5 heteroatoms. The molecule has 0 spiro atoms. The van der Waals surface area contributed by atoms with Gasteiger partial charge in [-0.25, -0.2) is 0 Å². The minimum Gasteiger partial charge on any atom is -0.381 e. The molecule has 1 amide bonds. The van der Waals surface area contributed by atoms with Gasteiger partial charge in [0.2, 0.25) is 5.91 Å². The van der Waals surface area contributed by atoms with Crippen LogP contribution in [0.3, 0.4) is 0 Å². The molecule has 5 nitrogen and oxygen atoms in total. The first-order chi connectivity index (χ1) is 9.16. The molecule has 0 aromatic carbocycles. The number of likely N-dealkylation sites (tertiary alicyclic amines) is 1. The number of carbonyl (C=O) groups excluding carboxylic acids is 1. The Morgan fingerprint density at radius 1 is 1.47 bits per heavy atom. The predicted molar refractivity (Wildman–Crippen MR) is 74.8 cm³/mol. The van der Waals surface area contributed by atoms with Crippen LogP contribution < -0.4 is 11.1 Å². The van der Waals surface area contributed by atoms with Gasteiger partial charge in [0, 0.05) is 32.8 Å². The van der Waals surface area contributed by atoms with Gasteiger partial charge in [-0.3, -0.25) is 4.79 Å². The molecule has 1 unspecified atom stereocenters. The fourth-order valence-electron chi connectivity index (χ4n) is 3.15. The number of piperidine rings is 1. The minimum atomic E-state index is -0.390. The maximum atomic E-state index is 12.4. The maximum absolute atomic E-state index is 12.4. The molecule has 0 bridgehead atoms. The minimum absolute atomic E-state index is 0.131. The van der Waals surface area contributed by atoms with Crippen LogP contribution in [0.5, 0.6) is 0 Å². The Kier molecular flexibility index (Phi) is 5.19. The topological polar surface area (TPSA) is 67.6 Å². The van der Waals surface area contributed by atoms with Crippen LogP contribution in [0.15, 0.2) is 0 Å². The number of nitrogens with one attached hydrogen (secondary N) is 1. The number of hydrogen-bond donors (Lipinski definition) is 2. The lowest BCUT2D eigenvalue weighted by atomic mass is 9.79. The molecular weight excluding hydrogens is 242 g/mol. The standard InChI is InChI=1S/C14H27N3O2/c1-17-6-2-3-12(10-17)9-16-13(18)14(11-15)4-7-19-8-5-14/h12H,2-11,15H2,1H3,(H,16,18). The highest BCUT2D eigenvalue weighted by Crippen LogP contribution is 2.29. The van der Waals surface area contributed by atoms with Gasteiger partial charge < -0.3 is 20.7 Å². The van der Waals surface area contributed by atoms with Crippen molar-refractivity contribution in [3.63, 3.8) is 0 Å². The summed E-state index contributed by atoms with van der Waals surface area (Å²) in [6, 6.07) is 0. The molecule has 0 radical (unpaired) electrons. The Labute approximate surface area is 115 Å². The first-order valence-corrected chi connectivity index (χ1v) is 7.41. The van der Waals surface area contributed by atoms with E-state index in [2.05, 4.69) is 17.3 Å². The molecule has 0 aromatic rings. The number of rotatable bonds is 4. The summed E-state index contributed by atoms with van der Waals surface area (Å²) in [4.78, 5) is 14.8. The van der Waals surface area contributed by atoms with Gasteiger partial charge >= 0.3 is 0 Å². The van der Waals surface area contributed by atoms with E-state index in [4.69, 9.17) is 10.5 Å². The second kappa shape index (κ2) is 6.68. The molecule has 2 rings (SSSR count). The normalized spacial score (nSPS) is 28.0. The van der Waals surface area contributed by atoms with E-state index in [1.807, 2.05) is 0 Å². The van der Waals surface area contributed by atoms with Crippen LogP contribution in [-0.4, -0.2) is 57.2 Å². The van der Waals surface area contributed by atoms with E-state index in [0.29, 0.717) is 25.7 Å². The molecule has 2 saturated heterocycles. The molecule has 0 aliphatic carbocycles. The number of nitrogens with zero attached hydrogens (tertiary/aromatic N) is 1. The molecular formula is C14H27N3O2. The smallest absolute Gasteiger partial charge is 0.227 e. The third-order valence-corrected chi connectivity index (χ3v) is 4.60. The molecule has 2 aliphatic rings. The lowest BCUT2D eigenvalue weighted by molar-refractivity contribution is -0.136. The van der Waals surface area contributed by atoms with Gasteiger partial charge in [0.1, 0.15) is 0 Å². The zero-order valence-electron chi connectivity index (χ0n) is 12.0. The molecule has 110 valence electrons. The van der Waals surface area contributed by atoms with E-state index in [1.165, 1.54) is 19.4 Å². The maximum Gasteiger partial charge on any atom is 0.227 e. The molecule has 19 heavy (non-hydrogen) atoms. The van der Waals surface area contributed by atoms with Crippen molar-refractivity contribution in [3.05, 3.63) is 0 Å². The van der Waals surface area contributed by atoms with Gasteiger partial charge in [-0.1, -0.05) is 0 Å². The molecule has 3 N–H and O–H groups in total. The van der Waals surface area contributed by atoms with Crippen LogP contribution in [0, 0.1) is 11.3 Å². The Balaban J connectivity index is 1.82. The molecule has 2 fully saturated rings. The first-order valence-electron chi connectivity index (χ1n) is 7.41. The average molecular weight is 269 g/mol. The molecule has 0 aromatic heterocycles. The molecule has 2 aliphatic heterocycles. The van der Waals surface area contributed by atoms with Crippen LogP contribution in [0.4, 0.5) is 0 Å². The van der Waals surface area contributed by atoms with Gasteiger partial charge in [-0.15, -0.1) is 0 Å². The van der Waals surface area contributed by atoms with Crippen LogP contribution in [0.1, 0.15) is 25.7 Å². The quantitative estimate of drug-likeness (QED) is 0.765. The highest BCUT2D eigenvalue weighted by Gasteiger charge is 2.38. The average Bonchev–Trinajstić information content (AvgIpc) is 2.45. The van der Waals surface area contributed by atoms with Crippen LogP contribution in [0.2, 0.25) is 0 Å². The van der Waals surface area contributed by atoms with E-state index in [9.17, 15) is 4.79 Å².